The van der Waals surface area contributed by atoms with Gasteiger partial charge in [-0.1, -0.05) is 58.0 Å². The summed E-state index contributed by atoms with van der Waals surface area (Å²) in [5, 5.41) is 21.9. The number of benzene rings is 1. The van der Waals surface area contributed by atoms with E-state index in [9.17, 15) is 5.11 Å². The molecule has 2 aliphatic heterocycles. The molecule has 0 aromatic heterocycles. The van der Waals surface area contributed by atoms with E-state index in [1.54, 1.807) is 0 Å². The molecule has 3 N–H and O–H groups in total. The molecule has 1 aromatic rings. The quantitative estimate of drug-likeness (QED) is 0.725. The van der Waals surface area contributed by atoms with Crippen LogP contribution in [-0.4, -0.2) is 53.5 Å². The van der Waals surface area contributed by atoms with E-state index < -0.39 is 0 Å². The summed E-state index contributed by atoms with van der Waals surface area (Å²) in [6.45, 7) is 13.2. The van der Waals surface area contributed by atoms with E-state index in [0.29, 0.717) is 47.0 Å². The second-order valence-corrected chi connectivity index (χ2v) is 11.6. The summed E-state index contributed by atoms with van der Waals surface area (Å²) < 4.78 is 0. The number of nitrogens with zero attached hydrogens (tertiary/aromatic N) is 1. The molecule has 2 saturated carbocycles. The fourth-order valence-corrected chi connectivity index (χ4v) is 6.30. The van der Waals surface area contributed by atoms with Gasteiger partial charge in [0, 0.05) is 31.7 Å². The maximum absolute atomic E-state index is 9.60. The van der Waals surface area contributed by atoms with Crippen molar-refractivity contribution in [3.8, 4) is 0 Å². The van der Waals surface area contributed by atoms with Gasteiger partial charge < -0.3 is 15.5 Å². The first-order chi connectivity index (χ1) is 13.7. The molecular formula is C25H40N2O2. The Kier molecular flexibility index (Phi) is 5.39. The minimum absolute atomic E-state index is 0.296. The van der Waals surface area contributed by atoms with Crippen molar-refractivity contribution in [2.45, 2.75) is 72.0 Å². The zero-order valence-electron chi connectivity index (χ0n) is 18.7. The van der Waals surface area contributed by atoms with Crippen molar-refractivity contribution in [3.05, 3.63) is 35.9 Å². The van der Waals surface area contributed by atoms with Crippen LogP contribution >= 0.6 is 0 Å². The topological polar surface area (TPSA) is 55.7 Å². The zero-order valence-corrected chi connectivity index (χ0v) is 18.7. The van der Waals surface area contributed by atoms with Crippen molar-refractivity contribution in [2.75, 3.05) is 26.3 Å². The van der Waals surface area contributed by atoms with Gasteiger partial charge in [-0.25, -0.2) is 0 Å². The highest BCUT2D eigenvalue weighted by Crippen LogP contribution is 2.69. The Morgan fingerprint density at radius 1 is 0.931 bits per heavy atom. The summed E-state index contributed by atoms with van der Waals surface area (Å²) in [5.41, 5.74) is 3.39. The molecule has 4 fully saturated rings. The van der Waals surface area contributed by atoms with Gasteiger partial charge in [-0.15, -0.1) is 0 Å². The monoisotopic (exact) mass is 400 g/mol. The van der Waals surface area contributed by atoms with Gasteiger partial charge in [0.05, 0.1) is 13.2 Å². The van der Waals surface area contributed by atoms with Crippen molar-refractivity contribution < 1.29 is 10.2 Å². The molecule has 4 atom stereocenters. The number of rotatable bonds is 4. The van der Waals surface area contributed by atoms with Crippen molar-refractivity contribution in [3.63, 3.8) is 0 Å². The van der Waals surface area contributed by atoms with Crippen LogP contribution in [0.4, 0.5) is 0 Å². The summed E-state index contributed by atoms with van der Waals surface area (Å²) in [5.74, 6) is 0. The first-order valence-corrected chi connectivity index (χ1v) is 11.4. The number of aliphatic hydroxyl groups is 2. The highest BCUT2D eigenvalue weighted by molar-refractivity contribution is 5.19. The molecule has 4 nitrogen and oxygen atoms in total. The third-order valence-corrected chi connectivity index (χ3v) is 8.86. The third kappa shape index (κ3) is 3.89. The molecule has 2 heterocycles. The molecule has 4 aliphatic rings. The highest BCUT2D eigenvalue weighted by atomic mass is 16.3. The van der Waals surface area contributed by atoms with Crippen LogP contribution < -0.4 is 5.32 Å². The average molecular weight is 401 g/mol. The van der Waals surface area contributed by atoms with Gasteiger partial charge in [0.25, 0.3) is 0 Å². The average Bonchev–Trinajstić information content (AvgIpc) is 3.18. The smallest absolute Gasteiger partial charge is 0.0587 e. The fourth-order valence-electron chi connectivity index (χ4n) is 6.30. The Hall–Kier alpha value is -0.940. The Morgan fingerprint density at radius 3 is 2.00 bits per heavy atom. The number of aliphatic hydroxyl groups excluding tert-OH is 2. The van der Waals surface area contributed by atoms with Crippen LogP contribution in [0.25, 0.3) is 0 Å². The van der Waals surface area contributed by atoms with E-state index in [0.717, 1.165) is 19.6 Å². The molecule has 0 bridgehead atoms. The lowest BCUT2D eigenvalue weighted by Gasteiger charge is -2.22. The Morgan fingerprint density at radius 2 is 1.55 bits per heavy atom. The molecule has 2 saturated heterocycles. The fraction of sp³-hybridized carbons (Fsp3) is 0.760. The predicted octanol–water partition coefficient (Wildman–Crippen LogP) is 3.43. The summed E-state index contributed by atoms with van der Waals surface area (Å²) in [7, 11) is 0. The molecule has 5 rings (SSSR count). The molecule has 162 valence electrons. The molecule has 29 heavy (non-hydrogen) atoms. The lowest BCUT2D eigenvalue weighted by molar-refractivity contribution is 0.153. The van der Waals surface area contributed by atoms with Crippen LogP contribution in [-0.2, 0) is 6.54 Å². The molecule has 0 radical (unpaired) electrons. The van der Waals surface area contributed by atoms with E-state index in [1.807, 2.05) is 0 Å². The Bertz CT molecular complexity index is 719. The Balaban J connectivity index is 0.000000159. The standard InChI is InChI=1S/C16H23NO.C9H17NO/c1-15(2)11-16(15)8-14(10-18)17(12-16)9-13-6-4-3-5-7-13;1-8(2)5-9(8)3-7(4-11)10-6-9/h3-7,14,18H,8-12H2,1-2H3;7,10-11H,3-6H2,1-2H3/t14-,16?;/m0./s1. The van der Waals surface area contributed by atoms with Crippen LogP contribution in [0.15, 0.2) is 30.3 Å². The number of hydrogen-bond acceptors (Lipinski definition) is 4. The molecule has 0 amide bonds. The van der Waals surface area contributed by atoms with E-state index in [1.165, 1.54) is 31.2 Å². The highest BCUT2D eigenvalue weighted by Gasteiger charge is 2.65. The van der Waals surface area contributed by atoms with E-state index in [-0.39, 0.29) is 0 Å². The van der Waals surface area contributed by atoms with Gasteiger partial charge in [0.15, 0.2) is 0 Å². The Labute approximate surface area is 176 Å². The van der Waals surface area contributed by atoms with E-state index >= 15 is 0 Å². The second kappa shape index (κ2) is 7.33. The number of hydrogen-bond donors (Lipinski definition) is 3. The minimum atomic E-state index is 0.296. The van der Waals surface area contributed by atoms with Gasteiger partial charge in [0.1, 0.15) is 0 Å². The van der Waals surface area contributed by atoms with Gasteiger partial charge in [-0.05, 0) is 52.9 Å². The van der Waals surface area contributed by atoms with Crippen LogP contribution in [0.1, 0.15) is 58.9 Å². The molecule has 1 aromatic carbocycles. The van der Waals surface area contributed by atoms with Crippen molar-refractivity contribution in [1.29, 1.82) is 0 Å². The molecule has 4 heteroatoms. The maximum atomic E-state index is 9.60. The SMILES string of the molecule is CC1(C)CC12CNC(CO)C2.CC1(C)CC12C[C@@H](CO)N(Cc1ccccc1)C2. The van der Waals surface area contributed by atoms with Crippen LogP contribution in [0.3, 0.4) is 0 Å². The van der Waals surface area contributed by atoms with Crippen LogP contribution in [0, 0.1) is 21.7 Å². The molecule has 2 aliphatic carbocycles. The van der Waals surface area contributed by atoms with E-state index in [4.69, 9.17) is 5.11 Å². The minimum Gasteiger partial charge on any atom is -0.395 e. The van der Waals surface area contributed by atoms with Gasteiger partial charge in [0.2, 0.25) is 0 Å². The van der Waals surface area contributed by atoms with E-state index in [2.05, 4.69) is 68.2 Å². The lowest BCUT2D eigenvalue weighted by Crippen LogP contribution is -2.31. The van der Waals surface area contributed by atoms with Crippen LogP contribution in [0.2, 0.25) is 0 Å². The summed E-state index contributed by atoms with van der Waals surface area (Å²) >= 11 is 0. The molecule has 2 spiro atoms. The first-order valence-electron chi connectivity index (χ1n) is 11.4. The van der Waals surface area contributed by atoms with Gasteiger partial charge >= 0.3 is 0 Å². The maximum Gasteiger partial charge on any atom is 0.0587 e. The van der Waals surface area contributed by atoms with Crippen LogP contribution in [0.5, 0.6) is 0 Å². The van der Waals surface area contributed by atoms with Gasteiger partial charge in [-0.2, -0.15) is 0 Å². The van der Waals surface area contributed by atoms with Crippen molar-refractivity contribution in [1.82, 2.24) is 10.2 Å². The summed E-state index contributed by atoms with van der Waals surface area (Å²) in [4.78, 5) is 2.48. The largest absolute Gasteiger partial charge is 0.395 e. The van der Waals surface area contributed by atoms with Crippen molar-refractivity contribution >= 4 is 0 Å². The zero-order chi connectivity index (χ0) is 20.9. The van der Waals surface area contributed by atoms with Crippen molar-refractivity contribution in [2.24, 2.45) is 21.7 Å². The van der Waals surface area contributed by atoms with Gasteiger partial charge in [-0.3, -0.25) is 4.90 Å². The predicted molar refractivity (Wildman–Crippen MR) is 117 cm³/mol. The second-order valence-electron chi connectivity index (χ2n) is 11.6. The number of likely N-dealkylation sites (tertiary alicyclic amines) is 1. The number of nitrogens with one attached hydrogen (secondary N) is 1. The normalized spacial score (nSPS) is 38.8. The molecule has 3 unspecified atom stereocenters. The third-order valence-electron chi connectivity index (χ3n) is 8.86. The first kappa shape index (κ1) is 21.3. The summed E-state index contributed by atoms with van der Waals surface area (Å²) in [6, 6.07) is 11.3. The molecular weight excluding hydrogens is 360 g/mol. The summed E-state index contributed by atoms with van der Waals surface area (Å²) in [6.07, 6.45) is 5.01. The lowest BCUT2D eigenvalue weighted by atomic mass is 9.93.